The fraction of sp³-hybridized carbons (Fsp3) is 0.500. The van der Waals surface area contributed by atoms with Crippen molar-refractivity contribution in [1.82, 2.24) is 9.88 Å². The maximum atomic E-state index is 12.5. The third-order valence-corrected chi connectivity index (χ3v) is 4.01. The highest BCUT2D eigenvalue weighted by Crippen LogP contribution is 2.35. The quantitative estimate of drug-likeness (QED) is 0.901. The largest absolute Gasteiger partial charge is 0.494 e. The zero-order chi connectivity index (χ0) is 14.8. The van der Waals surface area contributed by atoms with Crippen molar-refractivity contribution < 1.29 is 19.4 Å². The number of ether oxygens (including phenoxy) is 1. The molecule has 1 aromatic rings. The summed E-state index contributed by atoms with van der Waals surface area (Å²) in [5.41, 5.74) is -0.407. The van der Waals surface area contributed by atoms with Gasteiger partial charge in [-0.3, -0.25) is 14.6 Å². The van der Waals surface area contributed by atoms with Crippen LogP contribution >= 0.6 is 0 Å². The molecule has 0 radical (unpaired) electrons. The van der Waals surface area contributed by atoms with Crippen LogP contribution in [0.3, 0.4) is 0 Å². The normalized spacial score (nSPS) is 21.8. The first-order valence-corrected chi connectivity index (χ1v) is 6.55. The van der Waals surface area contributed by atoms with Gasteiger partial charge in [0.15, 0.2) is 0 Å². The van der Waals surface area contributed by atoms with E-state index < -0.39 is 11.4 Å². The Hall–Kier alpha value is -2.11. The van der Waals surface area contributed by atoms with Crippen LogP contribution in [0.4, 0.5) is 0 Å². The lowest BCUT2D eigenvalue weighted by Gasteiger charge is -2.23. The molecule has 1 amide bonds. The summed E-state index contributed by atoms with van der Waals surface area (Å²) in [6.07, 6.45) is 4.00. The average Bonchev–Trinajstić information content (AvgIpc) is 2.92. The summed E-state index contributed by atoms with van der Waals surface area (Å²) in [6, 6.07) is 1.59. The molecular weight excluding hydrogens is 260 g/mol. The highest BCUT2D eigenvalue weighted by Gasteiger charge is 2.45. The molecule has 1 atom stereocenters. The van der Waals surface area contributed by atoms with Crippen molar-refractivity contribution in [3.05, 3.63) is 24.0 Å². The van der Waals surface area contributed by atoms with Crippen LogP contribution in [0.15, 0.2) is 18.5 Å². The number of rotatable bonds is 4. The number of carbonyl (C=O) groups excluding carboxylic acids is 1. The van der Waals surface area contributed by atoms with Gasteiger partial charge in [0.1, 0.15) is 5.75 Å². The molecule has 1 saturated heterocycles. The van der Waals surface area contributed by atoms with Gasteiger partial charge in [-0.15, -0.1) is 0 Å². The van der Waals surface area contributed by atoms with Gasteiger partial charge >= 0.3 is 5.97 Å². The zero-order valence-electron chi connectivity index (χ0n) is 11.6. The fourth-order valence-electron chi connectivity index (χ4n) is 2.55. The minimum Gasteiger partial charge on any atom is -0.494 e. The molecule has 1 aliphatic rings. The molecule has 6 nitrogen and oxygen atoms in total. The van der Waals surface area contributed by atoms with Gasteiger partial charge in [-0.25, -0.2) is 0 Å². The third-order valence-electron chi connectivity index (χ3n) is 4.01. The lowest BCUT2D eigenvalue weighted by molar-refractivity contribution is -0.148. The van der Waals surface area contributed by atoms with E-state index in [-0.39, 0.29) is 12.5 Å². The van der Waals surface area contributed by atoms with Gasteiger partial charge in [-0.2, -0.15) is 0 Å². The molecule has 0 spiro atoms. The minimum atomic E-state index is -0.836. The van der Waals surface area contributed by atoms with Crippen LogP contribution in [0.25, 0.3) is 0 Å². The number of amides is 1. The van der Waals surface area contributed by atoms with E-state index in [2.05, 4.69) is 4.98 Å². The molecule has 0 bridgehead atoms. The van der Waals surface area contributed by atoms with E-state index in [0.29, 0.717) is 30.7 Å². The number of pyridine rings is 1. The smallest absolute Gasteiger partial charge is 0.311 e. The fourth-order valence-corrected chi connectivity index (χ4v) is 2.55. The number of carboxylic acids is 1. The summed E-state index contributed by atoms with van der Waals surface area (Å²) in [4.78, 5) is 29.4. The van der Waals surface area contributed by atoms with Crippen LogP contribution in [-0.2, 0) is 4.79 Å². The van der Waals surface area contributed by atoms with Gasteiger partial charge in [-0.05, 0) is 18.9 Å². The first-order valence-electron chi connectivity index (χ1n) is 6.55. The number of aromatic nitrogens is 1. The Morgan fingerprint density at radius 1 is 1.55 bits per heavy atom. The minimum absolute atomic E-state index is 0.208. The summed E-state index contributed by atoms with van der Waals surface area (Å²) in [6.45, 7) is 2.53. The van der Waals surface area contributed by atoms with E-state index in [1.807, 2.05) is 6.92 Å². The van der Waals surface area contributed by atoms with Crippen LogP contribution in [-0.4, -0.2) is 47.1 Å². The van der Waals surface area contributed by atoms with E-state index >= 15 is 0 Å². The predicted molar refractivity (Wildman–Crippen MR) is 71.7 cm³/mol. The molecule has 20 heavy (non-hydrogen) atoms. The van der Waals surface area contributed by atoms with Crippen molar-refractivity contribution in [3.8, 4) is 5.75 Å². The number of likely N-dealkylation sites (tertiary alicyclic amines) is 1. The predicted octanol–water partition coefficient (Wildman–Crippen LogP) is 1.42. The summed E-state index contributed by atoms with van der Waals surface area (Å²) in [5, 5.41) is 9.36. The van der Waals surface area contributed by atoms with Crippen molar-refractivity contribution in [2.75, 3.05) is 20.2 Å². The Balaban J connectivity index is 2.22. The Morgan fingerprint density at radius 3 is 2.85 bits per heavy atom. The second kappa shape index (κ2) is 5.48. The van der Waals surface area contributed by atoms with Crippen molar-refractivity contribution in [3.63, 3.8) is 0 Å². The maximum Gasteiger partial charge on any atom is 0.311 e. The Kier molecular flexibility index (Phi) is 3.92. The van der Waals surface area contributed by atoms with Crippen LogP contribution < -0.4 is 4.74 Å². The first kappa shape index (κ1) is 14.3. The van der Waals surface area contributed by atoms with Crippen molar-refractivity contribution in [1.29, 1.82) is 0 Å². The molecule has 0 saturated carbocycles. The SMILES string of the molecule is CCC1(C(=O)O)CCN(C(=O)c2ccncc2OC)C1. The summed E-state index contributed by atoms with van der Waals surface area (Å²) < 4.78 is 5.13. The number of methoxy groups -OCH3 is 1. The lowest BCUT2D eigenvalue weighted by Crippen LogP contribution is -2.36. The molecule has 0 aromatic carbocycles. The van der Waals surface area contributed by atoms with Crippen molar-refractivity contribution in [2.45, 2.75) is 19.8 Å². The molecule has 6 heteroatoms. The highest BCUT2D eigenvalue weighted by molar-refractivity contribution is 5.97. The number of carboxylic acid groups (broad SMARTS) is 1. The Morgan fingerprint density at radius 2 is 2.30 bits per heavy atom. The van der Waals surface area contributed by atoms with Gasteiger partial charge in [0, 0.05) is 19.3 Å². The van der Waals surface area contributed by atoms with Gasteiger partial charge in [0.05, 0.1) is 24.3 Å². The molecule has 0 aliphatic carbocycles. The monoisotopic (exact) mass is 278 g/mol. The second-order valence-corrected chi connectivity index (χ2v) is 4.99. The summed E-state index contributed by atoms with van der Waals surface area (Å²) in [5.74, 6) is -0.639. The van der Waals surface area contributed by atoms with E-state index in [4.69, 9.17) is 4.74 Å². The molecule has 108 valence electrons. The van der Waals surface area contributed by atoms with Gasteiger partial charge in [0.25, 0.3) is 5.91 Å². The van der Waals surface area contributed by atoms with Crippen molar-refractivity contribution in [2.24, 2.45) is 5.41 Å². The molecule has 2 rings (SSSR count). The molecule has 1 unspecified atom stereocenters. The molecular formula is C14H18N2O4. The van der Waals surface area contributed by atoms with E-state index in [9.17, 15) is 14.7 Å². The zero-order valence-corrected chi connectivity index (χ0v) is 11.6. The highest BCUT2D eigenvalue weighted by atomic mass is 16.5. The second-order valence-electron chi connectivity index (χ2n) is 4.99. The number of hydrogen-bond donors (Lipinski definition) is 1. The molecule has 1 aliphatic heterocycles. The Bertz CT molecular complexity index is 532. The van der Waals surface area contributed by atoms with Crippen molar-refractivity contribution >= 4 is 11.9 Å². The topological polar surface area (TPSA) is 79.7 Å². The number of aliphatic carboxylic acids is 1. The van der Waals surface area contributed by atoms with Gasteiger partial charge < -0.3 is 14.7 Å². The first-order chi connectivity index (χ1) is 9.54. The average molecular weight is 278 g/mol. The molecule has 1 N–H and O–H groups in total. The number of carbonyl (C=O) groups is 2. The third kappa shape index (κ3) is 2.33. The molecule has 1 aromatic heterocycles. The van der Waals surface area contributed by atoms with E-state index in [1.165, 1.54) is 19.5 Å². The maximum absolute atomic E-state index is 12.5. The molecule has 2 heterocycles. The summed E-state index contributed by atoms with van der Waals surface area (Å²) >= 11 is 0. The van der Waals surface area contributed by atoms with E-state index in [0.717, 1.165) is 0 Å². The molecule has 1 fully saturated rings. The summed E-state index contributed by atoms with van der Waals surface area (Å²) in [7, 11) is 1.48. The number of nitrogens with zero attached hydrogens (tertiary/aromatic N) is 2. The lowest BCUT2D eigenvalue weighted by atomic mass is 9.84. The van der Waals surface area contributed by atoms with Crippen LogP contribution in [0.5, 0.6) is 5.75 Å². The van der Waals surface area contributed by atoms with Crippen LogP contribution in [0.1, 0.15) is 30.1 Å². The van der Waals surface area contributed by atoms with Crippen LogP contribution in [0, 0.1) is 5.41 Å². The van der Waals surface area contributed by atoms with Gasteiger partial charge in [0.2, 0.25) is 0 Å². The van der Waals surface area contributed by atoms with Crippen LogP contribution in [0.2, 0.25) is 0 Å². The standard InChI is InChI=1S/C14H18N2O4/c1-3-14(13(18)19)5-7-16(9-14)12(17)10-4-6-15-8-11(10)20-2/h4,6,8H,3,5,7,9H2,1-2H3,(H,18,19). The van der Waals surface area contributed by atoms with E-state index in [1.54, 1.807) is 11.0 Å². The van der Waals surface area contributed by atoms with Gasteiger partial charge in [-0.1, -0.05) is 6.92 Å². The number of hydrogen-bond acceptors (Lipinski definition) is 4. The Labute approximate surface area is 117 Å².